The van der Waals surface area contributed by atoms with Crippen LogP contribution in [-0.4, -0.2) is 43.5 Å². The molecule has 3 rings (SSSR count). The van der Waals surface area contributed by atoms with Crippen molar-refractivity contribution >= 4 is 28.9 Å². The quantitative estimate of drug-likeness (QED) is 0.843. The Kier molecular flexibility index (Phi) is 5.92. The van der Waals surface area contributed by atoms with Gasteiger partial charge >= 0.3 is 6.18 Å². The molecule has 144 valence electrons. The number of nitrogens with one attached hydrogen (secondary N) is 1. The highest BCUT2D eigenvalue weighted by atomic mass is 35.5. The Morgan fingerprint density at radius 1 is 1.04 bits per heavy atom. The number of benzene rings is 2. The van der Waals surface area contributed by atoms with Gasteiger partial charge in [-0.1, -0.05) is 17.7 Å². The van der Waals surface area contributed by atoms with Crippen LogP contribution in [0.4, 0.5) is 24.5 Å². The SMILES string of the molecule is O=C(CN1CCN(c2cccc(C(F)(F)F)c2)CC1)Nc1ccc(Cl)cc1. The molecule has 1 fully saturated rings. The Morgan fingerprint density at radius 2 is 1.70 bits per heavy atom. The summed E-state index contributed by atoms with van der Waals surface area (Å²) in [4.78, 5) is 16.0. The smallest absolute Gasteiger partial charge is 0.369 e. The molecule has 8 heteroatoms. The molecule has 2 aromatic carbocycles. The summed E-state index contributed by atoms with van der Waals surface area (Å²) in [6.45, 7) is 2.57. The summed E-state index contributed by atoms with van der Waals surface area (Å²) in [5.41, 5.74) is 0.576. The van der Waals surface area contributed by atoms with Crippen molar-refractivity contribution in [3.8, 4) is 0 Å². The molecule has 0 atom stereocenters. The van der Waals surface area contributed by atoms with Gasteiger partial charge in [0.05, 0.1) is 12.1 Å². The van der Waals surface area contributed by atoms with E-state index in [1.807, 2.05) is 9.80 Å². The van der Waals surface area contributed by atoms with E-state index in [2.05, 4.69) is 5.32 Å². The number of nitrogens with zero attached hydrogens (tertiary/aromatic N) is 2. The van der Waals surface area contributed by atoms with Crippen molar-refractivity contribution in [3.63, 3.8) is 0 Å². The summed E-state index contributed by atoms with van der Waals surface area (Å²) in [6, 6.07) is 12.2. The fourth-order valence-corrected chi connectivity index (χ4v) is 3.11. The Bertz CT molecular complexity index is 788. The first-order chi connectivity index (χ1) is 12.8. The van der Waals surface area contributed by atoms with Gasteiger partial charge in [0.15, 0.2) is 0 Å². The summed E-state index contributed by atoms with van der Waals surface area (Å²) in [5.74, 6) is -0.134. The largest absolute Gasteiger partial charge is 0.416 e. The summed E-state index contributed by atoms with van der Waals surface area (Å²) < 4.78 is 38.6. The van der Waals surface area contributed by atoms with Crippen molar-refractivity contribution in [2.45, 2.75) is 6.18 Å². The second-order valence-electron chi connectivity index (χ2n) is 6.37. The number of alkyl halides is 3. The zero-order valence-corrected chi connectivity index (χ0v) is 15.2. The van der Waals surface area contributed by atoms with Crippen LogP contribution in [0.2, 0.25) is 5.02 Å². The average Bonchev–Trinajstić information content (AvgIpc) is 2.64. The topological polar surface area (TPSA) is 35.6 Å². The van der Waals surface area contributed by atoms with Crippen molar-refractivity contribution in [1.82, 2.24) is 4.90 Å². The molecule has 27 heavy (non-hydrogen) atoms. The minimum Gasteiger partial charge on any atom is -0.369 e. The van der Waals surface area contributed by atoms with Crippen molar-refractivity contribution in [3.05, 3.63) is 59.1 Å². The molecule has 1 aliphatic rings. The van der Waals surface area contributed by atoms with Crippen LogP contribution in [-0.2, 0) is 11.0 Å². The number of carbonyl (C=O) groups is 1. The summed E-state index contributed by atoms with van der Waals surface area (Å²) in [6.07, 6.45) is -4.35. The minimum absolute atomic E-state index is 0.134. The molecule has 0 aliphatic carbocycles. The minimum atomic E-state index is -4.35. The Balaban J connectivity index is 1.51. The van der Waals surface area contributed by atoms with Gasteiger partial charge < -0.3 is 10.2 Å². The zero-order chi connectivity index (χ0) is 19.4. The molecule has 1 saturated heterocycles. The first-order valence-corrected chi connectivity index (χ1v) is 8.89. The number of hydrogen-bond acceptors (Lipinski definition) is 3. The van der Waals surface area contributed by atoms with Gasteiger partial charge in [0.2, 0.25) is 5.91 Å². The van der Waals surface area contributed by atoms with Crippen LogP contribution < -0.4 is 10.2 Å². The molecule has 0 unspecified atom stereocenters. The normalized spacial score (nSPS) is 15.6. The van der Waals surface area contributed by atoms with Gasteiger partial charge in [-0.25, -0.2) is 0 Å². The number of piperazine rings is 1. The molecule has 0 aromatic heterocycles. The molecular weight excluding hydrogens is 379 g/mol. The van der Waals surface area contributed by atoms with Gasteiger partial charge in [0, 0.05) is 42.6 Å². The zero-order valence-electron chi connectivity index (χ0n) is 14.5. The van der Waals surface area contributed by atoms with Gasteiger partial charge in [0.1, 0.15) is 0 Å². The third kappa shape index (κ3) is 5.37. The maximum Gasteiger partial charge on any atom is 0.416 e. The fourth-order valence-electron chi connectivity index (χ4n) is 2.98. The van der Waals surface area contributed by atoms with Crippen LogP contribution in [0.5, 0.6) is 0 Å². The number of rotatable bonds is 4. The number of carbonyl (C=O) groups excluding carboxylic acids is 1. The van der Waals surface area contributed by atoms with E-state index in [9.17, 15) is 18.0 Å². The third-order valence-electron chi connectivity index (χ3n) is 4.41. The van der Waals surface area contributed by atoms with Gasteiger partial charge in [0.25, 0.3) is 0 Å². The van der Waals surface area contributed by atoms with Crippen LogP contribution in [0.25, 0.3) is 0 Å². The predicted molar refractivity (Wildman–Crippen MR) is 100 cm³/mol. The molecule has 1 aliphatic heterocycles. The summed E-state index contributed by atoms with van der Waals surface area (Å²) >= 11 is 5.81. The fraction of sp³-hybridized carbons (Fsp3) is 0.316. The van der Waals surface area contributed by atoms with Gasteiger partial charge in [-0.2, -0.15) is 13.2 Å². The molecule has 0 spiro atoms. The van der Waals surface area contributed by atoms with Crippen molar-refractivity contribution in [2.75, 3.05) is 42.9 Å². The number of halogens is 4. The van der Waals surface area contributed by atoms with Crippen molar-refractivity contribution in [2.24, 2.45) is 0 Å². The maximum atomic E-state index is 12.9. The molecule has 0 radical (unpaired) electrons. The molecule has 1 N–H and O–H groups in total. The highest BCUT2D eigenvalue weighted by molar-refractivity contribution is 6.30. The monoisotopic (exact) mass is 397 g/mol. The second-order valence-corrected chi connectivity index (χ2v) is 6.80. The van der Waals surface area contributed by atoms with E-state index in [4.69, 9.17) is 11.6 Å². The van der Waals surface area contributed by atoms with Crippen LogP contribution in [0.1, 0.15) is 5.56 Å². The number of anilines is 2. The highest BCUT2D eigenvalue weighted by Crippen LogP contribution is 2.31. The first-order valence-electron chi connectivity index (χ1n) is 8.51. The van der Waals surface area contributed by atoms with Crippen LogP contribution >= 0.6 is 11.6 Å². The molecule has 2 aromatic rings. The lowest BCUT2D eigenvalue weighted by atomic mass is 10.1. The second kappa shape index (κ2) is 8.19. The van der Waals surface area contributed by atoms with E-state index >= 15 is 0 Å². The van der Waals surface area contributed by atoms with E-state index in [1.165, 1.54) is 12.1 Å². The summed E-state index contributed by atoms with van der Waals surface area (Å²) in [5, 5.41) is 3.40. The third-order valence-corrected chi connectivity index (χ3v) is 4.66. The lowest BCUT2D eigenvalue weighted by molar-refractivity contribution is -0.137. The Labute approximate surface area is 160 Å². The standard InChI is InChI=1S/C19H19ClF3N3O/c20-15-4-6-16(7-5-15)24-18(27)13-25-8-10-26(11-9-25)17-3-1-2-14(12-17)19(21,22)23/h1-7,12H,8-11,13H2,(H,24,27). The van der Waals surface area contributed by atoms with E-state index < -0.39 is 11.7 Å². The lowest BCUT2D eigenvalue weighted by Gasteiger charge is -2.36. The molecule has 0 bridgehead atoms. The maximum absolute atomic E-state index is 12.9. The number of hydrogen-bond donors (Lipinski definition) is 1. The molecule has 1 amide bonds. The molecule has 1 heterocycles. The van der Waals surface area contributed by atoms with Gasteiger partial charge in [-0.15, -0.1) is 0 Å². The van der Waals surface area contributed by atoms with Crippen molar-refractivity contribution in [1.29, 1.82) is 0 Å². The van der Waals surface area contributed by atoms with Crippen LogP contribution in [0.15, 0.2) is 48.5 Å². The van der Waals surface area contributed by atoms with Crippen molar-refractivity contribution < 1.29 is 18.0 Å². The first kappa shape index (κ1) is 19.5. The Morgan fingerprint density at radius 3 is 2.33 bits per heavy atom. The highest BCUT2D eigenvalue weighted by Gasteiger charge is 2.31. The van der Waals surface area contributed by atoms with Gasteiger partial charge in [-0.05, 0) is 42.5 Å². The Hall–Kier alpha value is -2.25. The van der Waals surface area contributed by atoms with E-state index in [-0.39, 0.29) is 12.5 Å². The van der Waals surface area contributed by atoms with Gasteiger partial charge in [-0.3, -0.25) is 9.69 Å². The summed E-state index contributed by atoms with van der Waals surface area (Å²) in [7, 11) is 0. The average molecular weight is 398 g/mol. The van der Waals surface area contributed by atoms with Crippen LogP contribution in [0.3, 0.4) is 0 Å². The van der Waals surface area contributed by atoms with Crippen LogP contribution in [0, 0.1) is 0 Å². The molecule has 4 nitrogen and oxygen atoms in total. The molecule has 0 saturated carbocycles. The number of amides is 1. The predicted octanol–water partition coefficient (Wildman–Crippen LogP) is 4.12. The van der Waals surface area contributed by atoms with E-state index in [0.717, 1.165) is 6.07 Å². The molecular formula is C19H19ClF3N3O. The van der Waals surface area contributed by atoms with E-state index in [0.29, 0.717) is 42.6 Å². The lowest BCUT2D eigenvalue weighted by Crippen LogP contribution is -2.48. The van der Waals surface area contributed by atoms with E-state index in [1.54, 1.807) is 30.3 Å².